The zero-order valence-corrected chi connectivity index (χ0v) is 37.9. The predicted molar refractivity (Wildman–Crippen MR) is 260 cm³/mol. The number of rotatable bonds is 15. The number of hydrogen-bond acceptors (Lipinski definition) is 13. The van der Waals surface area contributed by atoms with E-state index in [9.17, 15) is 19.8 Å². The van der Waals surface area contributed by atoms with E-state index in [1.54, 1.807) is 78.1 Å². The lowest BCUT2D eigenvalue weighted by Crippen LogP contribution is -2.44. The second-order valence-electron chi connectivity index (χ2n) is 15.6. The van der Waals surface area contributed by atoms with Crippen LogP contribution in [-0.2, 0) is 40.0 Å². The van der Waals surface area contributed by atoms with Crippen LogP contribution in [0.2, 0.25) is 0 Å². The van der Waals surface area contributed by atoms with Crippen molar-refractivity contribution >= 4 is 23.3 Å². The number of pyridine rings is 2. The van der Waals surface area contributed by atoms with E-state index < -0.39 is 6.29 Å². The molecule has 1 atom stereocenters. The van der Waals surface area contributed by atoms with Gasteiger partial charge in [-0.2, -0.15) is 4.57 Å². The Balaban J connectivity index is 0.000000161. The number of phenols is 2. The van der Waals surface area contributed by atoms with E-state index in [1.807, 2.05) is 98.8 Å². The first-order chi connectivity index (χ1) is 33.2. The highest BCUT2D eigenvalue weighted by Gasteiger charge is 2.41. The van der Waals surface area contributed by atoms with Crippen LogP contribution in [0.25, 0.3) is 22.5 Å². The van der Waals surface area contributed by atoms with Crippen LogP contribution < -0.4 is 15.6 Å². The Kier molecular flexibility index (Phi) is 16.7. The molecule has 1 unspecified atom stereocenters. The quantitative estimate of drug-likeness (QED) is 0.0570. The number of aromatic nitrogens is 6. The molecule has 0 spiro atoms. The average Bonchev–Trinajstić information content (AvgIpc) is 3.68. The summed E-state index contributed by atoms with van der Waals surface area (Å²) >= 11 is 0. The van der Waals surface area contributed by atoms with Crippen molar-refractivity contribution in [2.75, 3.05) is 24.3 Å². The Morgan fingerprint density at radius 1 is 0.662 bits per heavy atom. The zero-order chi connectivity index (χ0) is 47.7. The number of aromatic hydroxyl groups is 2. The second kappa shape index (κ2) is 23.8. The van der Waals surface area contributed by atoms with Crippen LogP contribution in [0.3, 0.4) is 0 Å². The number of carbonyl (C=O) groups is 2. The first kappa shape index (κ1) is 47.8. The van der Waals surface area contributed by atoms with Crippen molar-refractivity contribution < 1.29 is 33.8 Å². The van der Waals surface area contributed by atoms with Gasteiger partial charge in [0.05, 0.1) is 17.6 Å². The van der Waals surface area contributed by atoms with E-state index in [2.05, 4.69) is 37.4 Å². The third kappa shape index (κ3) is 13.2. The molecule has 8 aromatic rings. The molecule has 5 heterocycles. The van der Waals surface area contributed by atoms with Crippen LogP contribution in [0.5, 0.6) is 11.5 Å². The third-order valence-corrected chi connectivity index (χ3v) is 10.7. The summed E-state index contributed by atoms with van der Waals surface area (Å²) in [6.07, 6.45) is 11.6. The number of Topliss-reactive ketones (excluding diaryl/α,β-unsaturated/α-hetero) is 1. The number of anilines is 2. The van der Waals surface area contributed by atoms with Gasteiger partial charge >= 0.3 is 11.7 Å². The van der Waals surface area contributed by atoms with E-state index in [0.29, 0.717) is 50.4 Å². The van der Waals surface area contributed by atoms with Crippen LogP contribution in [0, 0.1) is 0 Å². The number of nitrogens with two attached hydrogens (primary N) is 1. The molecule has 5 N–H and O–H groups in total. The molecule has 4 aromatic carbocycles. The summed E-state index contributed by atoms with van der Waals surface area (Å²) in [5, 5.41) is 22.4. The number of nitrogen functional groups attached to an aromatic ring is 1. The van der Waals surface area contributed by atoms with Gasteiger partial charge in [-0.15, -0.1) is 0 Å². The van der Waals surface area contributed by atoms with Crippen molar-refractivity contribution in [1.29, 1.82) is 0 Å². The van der Waals surface area contributed by atoms with Gasteiger partial charge in [0.2, 0.25) is 6.29 Å². The van der Waals surface area contributed by atoms with Crippen molar-refractivity contribution in [3.8, 4) is 34.0 Å². The third-order valence-electron chi connectivity index (χ3n) is 10.7. The maximum Gasteiger partial charge on any atom is 0.359 e. The molecule has 0 saturated heterocycles. The predicted octanol–water partition coefficient (Wildman–Crippen LogP) is 8.02. The van der Waals surface area contributed by atoms with Crippen molar-refractivity contribution in [1.82, 2.24) is 24.9 Å². The molecule has 1 aliphatic heterocycles. The fraction of sp³-hybridized carbons (Fsp3) is 0.185. The van der Waals surface area contributed by atoms with Crippen LogP contribution in [0.1, 0.15) is 52.3 Å². The molecule has 0 aliphatic carbocycles. The number of benzene rings is 4. The second-order valence-corrected chi connectivity index (χ2v) is 15.6. The maximum absolute atomic E-state index is 13.3. The highest BCUT2D eigenvalue weighted by Crippen LogP contribution is 2.26. The van der Waals surface area contributed by atoms with Crippen LogP contribution in [-0.4, -0.2) is 72.4 Å². The number of nitrogens with one attached hydrogen (secondary N) is 1. The molecule has 14 heteroatoms. The highest BCUT2D eigenvalue weighted by atomic mass is 16.7. The van der Waals surface area contributed by atoms with Crippen LogP contribution in [0.15, 0.2) is 171 Å². The summed E-state index contributed by atoms with van der Waals surface area (Å²) in [6, 6.07) is 40.9. The molecule has 4 aromatic heterocycles. The molecular formula is C54H53N8O6+. The van der Waals surface area contributed by atoms with Gasteiger partial charge in [-0.3, -0.25) is 20.1 Å². The monoisotopic (exact) mass is 909 g/mol. The largest absolute Gasteiger partial charge is 0.508 e. The molecule has 14 nitrogen and oxygen atoms in total. The molecule has 0 bridgehead atoms. The minimum Gasteiger partial charge on any atom is -0.508 e. The Hall–Kier alpha value is -8.20. The van der Waals surface area contributed by atoms with Gasteiger partial charge < -0.3 is 25.4 Å². The normalized spacial score (nSPS) is 12.5. The van der Waals surface area contributed by atoms with Gasteiger partial charge in [0.25, 0.3) is 0 Å². The first-order valence-electron chi connectivity index (χ1n) is 22.3. The molecule has 0 amide bonds. The standard InChI is InChI=1S/C25H20N4O2.C17H15N3O.C12H17NO3/c30-20-8-6-19(7-9-20)23-16-29-24(21(27-23)14-17-4-2-1-3-5-17)28-22(25(29)31)15-18-10-12-26-13-11-18;18-17-15(10-12-4-2-1-3-5-12)20-16(11-19-17)13-6-8-14(21)9-7-13;1-3-15-12(16-4-2)11(14)9-10-5-7-13-8-6-10/h1-13,16,22,30H,14-15H2;1-9,11,21H,10H2,(H2,18,19);5-8,12H,3-4,9H2,1-2H3/p+1. The Morgan fingerprint density at radius 3 is 1.71 bits per heavy atom. The highest BCUT2D eigenvalue weighted by molar-refractivity contribution is 5.84. The lowest BCUT2D eigenvalue weighted by molar-refractivity contribution is -0.552. The van der Waals surface area contributed by atoms with E-state index in [-0.39, 0.29) is 29.2 Å². The van der Waals surface area contributed by atoms with Gasteiger partial charge in [-0.1, -0.05) is 60.7 Å². The summed E-state index contributed by atoms with van der Waals surface area (Å²) < 4.78 is 12.1. The smallest absolute Gasteiger partial charge is 0.359 e. The molecule has 1 aliphatic rings. The van der Waals surface area contributed by atoms with Crippen LogP contribution in [0.4, 0.5) is 11.6 Å². The minimum absolute atomic E-state index is 0.0106. The topological polar surface area (TPSA) is 199 Å². The SMILES string of the molecule is CCOC(OCC)C(=O)Cc1ccncc1.Nc1ncc(-c2ccc(O)cc2)nc1Cc1ccccc1.O=C1C(Cc2ccncc2)Nc2c(Cc3ccccc3)nc(-c3ccc(O)cc3)c[n+]21. The molecular weight excluding hydrogens is 857 g/mol. The lowest BCUT2D eigenvalue weighted by atomic mass is 10.1. The summed E-state index contributed by atoms with van der Waals surface area (Å²) in [4.78, 5) is 46.7. The van der Waals surface area contributed by atoms with E-state index in [1.165, 1.54) is 0 Å². The van der Waals surface area contributed by atoms with Crippen molar-refractivity contribution in [3.05, 3.63) is 204 Å². The van der Waals surface area contributed by atoms with Crippen molar-refractivity contribution in [2.45, 2.75) is 51.9 Å². The summed E-state index contributed by atoms with van der Waals surface area (Å²) in [5.74, 6) is 1.53. The van der Waals surface area contributed by atoms with E-state index in [4.69, 9.17) is 20.2 Å². The minimum atomic E-state index is -0.747. The molecule has 68 heavy (non-hydrogen) atoms. The Labute approximate surface area is 395 Å². The number of ether oxygens (including phenoxy) is 2. The molecule has 0 fully saturated rings. The fourth-order valence-corrected chi connectivity index (χ4v) is 7.30. The zero-order valence-electron chi connectivity index (χ0n) is 37.9. The van der Waals surface area contributed by atoms with Gasteiger partial charge in [0.1, 0.15) is 34.9 Å². The molecule has 344 valence electrons. The average molecular weight is 910 g/mol. The van der Waals surface area contributed by atoms with Crippen molar-refractivity contribution in [3.63, 3.8) is 0 Å². The fourth-order valence-electron chi connectivity index (χ4n) is 7.30. The Morgan fingerprint density at radius 2 is 1.16 bits per heavy atom. The number of hydrogen-bond donors (Lipinski definition) is 4. The first-order valence-corrected chi connectivity index (χ1v) is 22.3. The van der Waals surface area contributed by atoms with Gasteiger partial charge in [-0.25, -0.2) is 19.7 Å². The molecule has 0 radical (unpaired) electrons. The van der Waals surface area contributed by atoms with Gasteiger partial charge in [0, 0.05) is 74.8 Å². The summed E-state index contributed by atoms with van der Waals surface area (Å²) in [7, 11) is 0. The van der Waals surface area contributed by atoms with E-state index >= 15 is 0 Å². The molecule has 0 saturated carbocycles. The summed E-state index contributed by atoms with van der Waals surface area (Å²) in [5.41, 5.74) is 14.9. The van der Waals surface area contributed by atoms with Gasteiger partial charge in [0.15, 0.2) is 11.8 Å². The van der Waals surface area contributed by atoms with Crippen molar-refractivity contribution in [2.24, 2.45) is 0 Å². The maximum atomic E-state index is 13.3. The molecule has 9 rings (SSSR count). The lowest BCUT2D eigenvalue weighted by Gasteiger charge is -2.15. The number of ketones is 1. The number of phenolic OH excluding ortho intramolecular Hbond substituents is 2. The van der Waals surface area contributed by atoms with E-state index in [0.717, 1.165) is 56.3 Å². The number of nitrogens with zero attached hydrogens (tertiary/aromatic N) is 6. The summed E-state index contributed by atoms with van der Waals surface area (Å²) in [6.45, 7) is 4.61. The Bertz CT molecular complexity index is 2850. The number of carbonyl (C=O) groups excluding carboxylic acids is 2. The van der Waals surface area contributed by atoms with Crippen LogP contribution >= 0.6 is 0 Å². The van der Waals surface area contributed by atoms with Gasteiger partial charge in [-0.05, 0) is 109 Å². The number of fused-ring (bicyclic) bond motifs is 1.